The first-order chi connectivity index (χ1) is 9.22. The van der Waals surface area contributed by atoms with Crippen LogP contribution in [0.2, 0.25) is 0 Å². The molecule has 19 heavy (non-hydrogen) atoms. The van der Waals surface area contributed by atoms with Gasteiger partial charge in [0.05, 0.1) is 0 Å². The molecular formula is C16H19BrN2. The summed E-state index contributed by atoms with van der Waals surface area (Å²) in [7, 11) is 2.00. The Balaban J connectivity index is 2.15. The van der Waals surface area contributed by atoms with Gasteiger partial charge < -0.3 is 5.32 Å². The Kier molecular flexibility index (Phi) is 5.11. The highest BCUT2D eigenvalue weighted by atomic mass is 79.9. The average molecular weight is 319 g/mol. The van der Waals surface area contributed by atoms with E-state index in [1.165, 1.54) is 16.7 Å². The van der Waals surface area contributed by atoms with E-state index in [1.807, 2.05) is 19.4 Å². The van der Waals surface area contributed by atoms with E-state index in [4.69, 9.17) is 0 Å². The van der Waals surface area contributed by atoms with E-state index in [2.05, 4.69) is 63.5 Å². The maximum atomic E-state index is 4.22. The third-order valence-corrected chi connectivity index (χ3v) is 3.77. The standard InChI is InChI=1S/C16H19BrN2/c1-3-12-4-6-14(7-5-12)16(18-2)9-13-8-15(17)11-19-10-13/h4-8,10-11,16,18H,3,9H2,1-2H3. The molecule has 0 radical (unpaired) electrons. The van der Waals surface area contributed by atoms with E-state index < -0.39 is 0 Å². The van der Waals surface area contributed by atoms with E-state index in [0.29, 0.717) is 6.04 Å². The summed E-state index contributed by atoms with van der Waals surface area (Å²) in [6.07, 6.45) is 5.76. The lowest BCUT2D eigenvalue weighted by Gasteiger charge is -2.17. The number of nitrogens with one attached hydrogen (secondary N) is 1. The van der Waals surface area contributed by atoms with Crippen molar-refractivity contribution in [1.29, 1.82) is 0 Å². The third-order valence-electron chi connectivity index (χ3n) is 3.34. The normalized spacial score (nSPS) is 12.4. The van der Waals surface area contributed by atoms with Gasteiger partial charge >= 0.3 is 0 Å². The fourth-order valence-electron chi connectivity index (χ4n) is 2.18. The summed E-state index contributed by atoms with van der Waals surface area (Å²) in [6, 6.07) is 11.3. The van der Waals surface area contributed by atoms with Gasteiger partial charge in [0.1, 0.15) is 0 Å². The molecule has 2 nitrogen and oxygen atoms in total. The van der Waals surface area contributed by atoms with Crippen molar-refractivity contribution in [2.45, 2.75) is 25.8 Å². The van der Waals surface area contributed by atoms with E-state index in [-0.39, 0.29) is 0 Å². The van der Waals surface area contributed by atoms with Crippen molar-refractivity contribution >= 4 is 15.9 Å². The summed E-state index contributed by atoms with van der Waals surface area (Å²) in [5, 5.41) is 3.38. The molecule has 0 amide bonds. The second kappa shape index (κ2) is 6.83. The van der Waals surface area contributed by atoms with E-state index in [1.54, 1.807) is 0 Å². The molecule has 2 rings (SSSR count). The van der Waals surface area contributed by atoms with Crippen LogP contribution >= 0.6 is 15.9 Å². The number of aromatic nitrogens is 1. The number of benzene rings is 1. The zero-order valence-electron chi connectivity index (χ0n) is 11.4. The Morgan fingerprint density at radius 1 is 1.16 bits per heavy atom. The predicted octanol–water partition coefficient (Wildman–Crippen LogP) is 3.91. The fourth-order valence-corrected chi connectivity index (χ4v) is 2.59. The second-order valence-electron chi connectivity index (χ2n) is 4.65. The average Bonchev–Trinajstić information content (AvgIpc) is 2.45. The van der Waals surface area contributed by atoms with Crippen molar-refractivity contribution in [3.63, 3.8) is 0 Å². The Morgan fingerprint density at radius 2 is 1.89 bits per heavy atom. The summed E-state index contributed by atoms with van der Waals surface area (Å²) in [6.45, 7) is 2.18. The minimum absolute atomic E-state index is 0.321. The number of hydrogen-bond acceptors (Lipinski definition) is 2. The Morgan fingerprint density at radius 3 is 2.47 bits per heavy atom. The van der Waals surface area contributed by atoms with Gasteiger partial charge in [-0.25, -0.2) is 0 Å². The number of hydrogen-bond donors (Lipinski definition) is 1. The molecule has 1 aromatic carbocycles. The SMILES string of the molecule is CCc1ccc(C(Cc2cncc(Br)c2)NC)cc1. The molecule has 1 heterocycles. The summed E-state index contributed by atoms with van der Waals surface area (Å²) < 4.78 is 1.03. The quantitative estimate of drug-likeness (QED) is 0.904. The third kappa shape index (κ3) is 3.88. The molecule has 1 N–H and O–H groups in total. The van der Waals surface area contributed by atoms with Gasteiger partial charge in [-0.1, -0.05) is 31.2 Å². The van der Waals surface area contributed by atoms with Crippen molar-refractivity contribution in [2.24, 2.45) is 0 Å². The summed E-state index contributed by atoms with van der Waals surface area (Å²) in [4.78, 5) is 4.22. The first-order valence-corrected chi connectivity index (χ1v) is 7.37. The number of nitrogens with zero attached hydrogens (tertiary/aromatic N) is 1. The zero-order chi connectivity index (χ0) is 13.7. The smallest absolute Gasteiger partial charge is 0.0410 e. The molecule has 0 saturated heterocycles. The number of rotatable bonds is 5. The van der Waals surface area contributed by atoms with Crippen LogP contribution in [0, 0.1) is 0 Å². The van der Waals surface area contributed by atoms with Gasteiger partial charge in [-0.2, -0.15) is 0 Å². The van der Waals surface area contributed by atoms with Crippen molar-refractivity contribution in [1.82, 2.24) is 10.3 Å². The van der Waals surface area contributed by atoms with Gasteiger partial charge in [0, 0.05) is 22.9 Å². The lowest BCUT2D eigenvalue weighted by atomic mass is 9.98. The van der Waals surface area contributed by atoms with Crippen LogP contribution < -0.4 is 5.32 Å². The summed E-state index contributed by atoms with van der Waals surface area (Å²) in [5.74, 6) is 0. The molecule has 0 spiro atoms. The fraction of sp³-hybridized carbons (Fsp3) is 0.312. The largest absolute Gasteiger partial charge is 0.313 e. The molecule has 0 fully saturated rings. The minimum atomic E-state index is 0.321. The molecular weight excluding hydrogens is 300 g/mol. The number of likely N-dealkylation sites (N-methyl/N-ethyl adjacent to an activating group) is 1. The molecule has 100 valence electrons. The van der Waals surface area contributed by atoms with Crippen molar-refractivity contribution in [3.05, 3.63) is 63.9 Å². The molecule has 1 aromatic heterocycles. The van der Waals surface area contributed by atoms with Gasteiger partial charge in [-0.15, -0.1) is 0 Å². The molecule has 0 saturated carbocycles. The van der Waals surface area contributed by atoms with Gasteiger partial charge in [0.2, 0.25) is 0 Å². The monoisotopic (exact) mass is 318 g/mol. The molecule has 1 atom stereocenters. The lowest BCUT2D eigenvalue weighted by molar-refractivity contribution is 0.591. The number of pyridine rings is 1. The Bertz CT molecular complexity index is 523. The number of aryl methyl sites for hydroxylation is 1. The van der Waals surface area contributed by atoms with Crippen LogP contribution in [0.25, 0.3) is 0 Å². The molecule has 0 aliphatic rings. The highest BCUT2D eigenvalue weighted by Gasteiger charge is 2.10. The van der Waals surface area contributed by atoms with Crippen LogP contribution in [0.5, 0.6) is 0 Å². The lowest BCUT2D eigenvalue weighted by Crippen LogP contribution is -2.18. The number of halogens is 1. The van der Waals surface area contributed by atoms with Crippen molar-refractivity contribution in [3.8, 4) is 0 Å². The van der Waals surface area contributed by atoms with Crippen molar-refractivity contribution in [2.75, 3.05) is 7.05 Å². The van der Waals surface area contributed by atoms with Crippen molar-refractivity contribution < 1.29 is 0 Å². The van der Waals surface area contributed by atoms with Crippen LogP contribution in [0.15, 0.2) is 47.2 Å². The van der Waals surface area contributed by atoms with Crippen LogP contribution in [-0.4, -0.2) is 12.0 Å². The van der Waals surface area contributed by atoms with Gasteiger partial charge in [0.15, 0.2) is 0 Å². The Hall–Kier alpha value is -1.19. The topological polar surface area (TPSA) is 24.9 Å². The molecule has 0 aliphatic heterocycles. The van der Waals surface area contributed by atoms with Crippen LogP contribution in [0.1, 0.15) is 29.7 Å². The van der Waals surface area contributed by atoms with E-state index in [9.17, 15) is 0 Å². The molecule has 1 unspecified atom stereocenters. The molecule has 0 bridgehead atoms. The molecule has 0 aliphatic carbocycles. The zero-order valence-corrected chi connectivity index (χ0v) is 12.9. The Labute approximate surface area is 123 Å². The van der Waals surface area contributed by atoms with E-state index in [0.717, 1.165) is 17.3 Å². The predicted molar refractivity (Wildman–Crippen MR) is 83.3 cm³/mol. The van der Waals surface area contributed by atoms with Crippen LogP contribution in [0.4, 0.5) is 0 Å². The van der Waals surface area contributed by atoms with E-state index >= 15 is 0 Å². The first-order valence-electron chi connectivity index (χ1n) is 6.58. The second-order valence-corrected chi connectivity index (χ2v) is 5.57. The van der Waals surface area contributed by atoms with Crippen LogP contribution in [0.3, 0.4) is 0 Å². The van der Waals surface area contributed by atoms with Gasteiger partial charge in [0.25, 0.3) is 0 Å². The van der Waals surface area contributed by atoms with Crippen LogP contribution in [-0.2, 0) is 12.8 Å². The van der Waals surface area contributed by atoms with Gasteiger partial charge in [-0.3, -0.25) is 4.98 Å². The van der Waals surface area contributed by atoms with Gasteiger partial charge in [-0.05, 0) is 58.6 Å². The maximum Gasteiger partial charge on any atom is 0.0410 e. The summed E-state index contributed by atoms with van der Waals surface area (Å²) >= 11 is 3.47. The summed E-state index contributed by atoms with van der Waals surface area (Å²) in [5.41, 5.74) is 3.93. The minimum Gasteiger partial charge on any atom is -0.313 e. The maximum absolute atomic E-state index is 4.22. The highest BCUT2D eigenvalue weighted by molar-refractivity contribution is 9.10. The first kappa shape index (κ1) is 14.2. The highest BCUT2D eigenvalue weighted by Crippen LogP contribution is 2.20. The molecule has 2 aromatic rings. The molecule has 3 heteroatoms.